The molecule has 0 saturated carbocycles. The minimum Gasteiger partial charge on any atom is -0.463 e. The highest BCUT2D eigenvalue weighted by atomic mass is 16.7. The van der Waals surface area contributed by atoms with Crippen LogP contribution >= 0.6 is 0 Å². The fourth-order valence-corrected chi connectivity index (χ4v) is 5.05. The molecule has 14 heteroatoms. The van der Waals surface area contributed by atoms with Crippen molar-refractivity contribution in [3.8, 4) is 0 Å². The van der Waals surface area contributed by atoms with Crippen LogP contribution in [-0.4, -0.2) is 141 Å². The van der Waals surface area contributed by atoms with Gasteiger partial charge in [-0.25, -0.2) is 0 Å². The van der Waals surface area contributed by atoms with E-state index in [1.807, 2.05) is 0 Å². The maximum absolute atomic E-state index is 12.5. The third-order valence-corrected chi connectivity index (χ3v) is 7.93. The summed E-state index contributed by atoms with van der Waals surface area (Å²) < 4.78 is 27.3. The summed E-state index contributed by atoms with van der Waals surface area (Å²) in [6, 6.07) is 0. The number of carbonyl (C=O) groups is 1. The maximum atomic E-state index is 12.5. The fourth-order valence-electron chi connectivity index (χ4n) is 5.05. The van der Waals surface area contributed by atoms with E-state index in [0.29, 0.717) is 6.42 Å². The van der Waals surface area contributed by atoms with Crippen molar-refractivity contribution < 1.29 is 69.3 Å². The molecule has 1 unspecified atom stereocenters. The zero-order valence-electron chi connectivity index (χ0n) is 27.2. The molecule has 0 amide bonds. The monoisotopic (exact) mass is 676 g/mol. The molecule has 0 spiro atoms. The largest absolute Gasteiger partial charge is 0.463 e. The summed E-state index contributed by atoms with van der Waals surface area (Å²) in [5, 5.41) is 79.8. The van der Waals surface area contributed by atoms with Gasteiger partial charge in [-0.15, -0.1) is 0 Å². The molecule has 2 aliphatic rings. The van der Waals surface area contributed by atoms with Crippen LogP contribution in [0.1, 0.15) is 71.1 Å². The van der Waals surface area contributed by atoms with Crippen LogP contribution in [0.25, 0.3) is 0 Å². The molecule has 2 rings (SSSR count). The van der Waals surface area contributed by atoms with Gasteiger partial charge in [-0.1, -0.05) is 62.6 Å². The van der Waals surface area contributed by atoms with Crippen LogP contribution in [0.2, 0.25) is 0 Å². The summed E-state index contributed by atoms with van der Waals surface area (Å²) in [4.78, 5) is 12.5. The quantitative estimate of drug-likeness (QED) is 0.0433. The highest BCUT2D eigenvalue weighted by molar-refractivity contribution is 5.69. The van der Waals surface area contributed by atoms with Gasteiger partial charge in [0.25, 0.3) is 0 Å². The number of ether oxygens (including phenoxy) is 5. The summed E-state index contributed by atoms with van der Waals surface area (Å²) in [5.41, 5.74) is 0. The lowest BCUT2D eigenvalue weighted by Crippen LogP contribution is -2.60. The normalized spacial score (nSPS) is 32.4. The van der Waals surface area contributed by atoms with Crippen molar-refractivity contribution in [1.82, 2.24) is 0 Å². The Morgan fingerprint density at radius 3 is 1.81 bits per heavy atom. The molecule has 0 aromatic heterocycles. The maximum Gasteiger partial charge on any atom is 0.305 e. The first-order chi connectivity index (χ1) is 22.6. The second-order valence-corrected chi connectivity index (χ2v) is 11.8. The van der Waals surface area contributed by atoms with Crippen LogP contribution < -0.4 is 0 Å². The number of hydrogen-bond donors (Lipinski definition) is 8. The summed E-state index contributed by atoms with van der Waals surface area (Å²) >= 11 is 0. The molecule has 0 radical (unpaired) electrons. The van der Waals surface area contributed by atoms with Gasteiger partial charge in [-0.3, -0.25) is 4.79 Å². The number of aliphatic hydroxyl groups is 8. The molecule has 272 valence electrons. The second-order valence-electron chi connectivity index (χ2n) is 11.8. The standard InChI is InChI=1S/C33H56O14/c1-2-3-4-5-6-7-8-9-10-11-12-13-14-15-16-17-25(36)43-20-22(45-33-31(42)29(40)27(38)24(19-35)47-33)21-44-32-30(41)28(39)26(37)23(18-34)46-32/h3-4,6-7,9-10,22-24,26-35,37-42H,2,5,8,11-21H2,1H3/b4-3-,7-6-,10-9?/t22?,23-,24+,26+,27-,28+,29-,30-,31+,32+,33+/m1/s1. The smallest absolute Gasteiger partial charge is 0.305 e. The molecule has 2 heterocycles. The van der Waals surface area contributed by atoms with Gasteiger partial charge in [0.1, 0.15) is 61.5 Å². The molecule has 8 N–H and O–H groups in total. The molecule has 0 aromatic carbocycles. The molecule has 2 fully saturated rings. The van der Waals surface area contributed by atoms with E-state index in [0.717, 1.165) is 51.4 Å². The number of rotatable bonds is 22. The minimum atomic E-state index is -1.73. The number of hydrogen-bond acceptors (Lipinski definition) is 14. The number of carbonyl (C=O) groups excluding carboxylic acids is 1. The van der Waals surface area contributed by atoms with E-state index in [1.54, 1.807) is 0 Å². The Bertz CT molecular complexity index is 925. The van der Waals surface area contributed by atoms with Crippen molar-refractivity contribution in [2.24, 2.45) is 0 Å². The lowest BCUT2D eigenvalue weighted by Gasteiger charge is -2.41. The molecule has 47 heavy (non-hydrogen) atoms. The third-order valence-electron chi connectivity index (χ3n) is 7.93. The van der Waals surface area contributed by atoms with E-state index in [9.17, 15) is 45.6 Å². The van der Waals surface area contributed by atoms with Gasteiger partial charge in [0.2, 0.25) is 0 Å². The highest BCUT2D eigenvalue weighted by Crippen LogP contribution is 2.25. The molecule has 0 aromatic rings. The molecular formula is C33H56O14. The highest BCUT2D eigenvalue weighted by Gasteiger charge is 2.46. The van der Waals surface area contributed by atoms with Crippen LogP contribution in [-0.2, 0) is 28.5 Å². The molecule has 0 bridgehead atoms. The van der Waals surface area contributed by atoms with Crippen LogP contribution in [0.15, 0.2) is 36.5 Å². The summed E-state index contributed by atoms with van der Waals surface area (Å²) in [5.74, 6) is -0.513. The van der Waals surface area contributed by atoms with E-state index in [2.05, 4.69) is 43.4 Å². The first-order valence-electron chi connectivity index (χ1n) is 16.6. The van der Waals surface area contributed by atoms with Gasteiger partial charge >= 0.3 is 5.97 Å². The lowest BCUT2D eigenvalue weighted by atomic mass is 9.99. The van der Waals surface area contributed by atoms with Gasteiger partial charge in [0.15, 0.2) is 12.6 Å². The van der Waals surface area contributed by atoms with E-state index in [1.165, 1.54) is 0 Å². The van der Waals surface area contributed by atoms with Crippen LogP contribution in [0.3, 0.4) is 0 Å². The van der Waals surface area contributed by atoms with Crippen molar-refractivity contribution in [3.05, 3.63) is 36.5 Å². The van der Waals surface area contributed by atoms with Gasteiger partial charge in [0, 0.05) is 6.42 Å². The average molecular weight is 677 g/mol. The van der Waals surface area contributed by atoms with Gasteiger partial charge in [-0.05, 0) is 38.5 Å². The number of esters is 1. The summed E-state index contributed by atoms with van der Waals surface area (Å²) in [6.45, 7) is -0.0880. The number of unbranched alkanes of at least 4 members (excludes halogenated alkanes) is 5. The summed E-state index contributed by atoms with van der Waals surface area (Å²) in [7, 11) is 0. The Morgan fingerprint density at radius 1 is 0.660 bits per heavy atom. The van der Waals surface area contributed by atoms with Crippen LogP contribution in [0.5, 0.6) is 0 Å². The first-order valence-corrected chi connectivity index (χ1v) is 16.6. The van der Waals surface area contributed by atoms with Crippen molar-refractivity contribution >= 4 is 5.97 Å². The van der Waals surface area contributed by atoms with Crippen LogP contribution in [0, 0.1) is 0 Å². The Kier molecular flexibility index (Phi) is 20.7. The zero-order valence-corrected chi connectivity index (χ0v) is 27.2. The van der Waals surface area contributed by atoms with Gasteiger partial charge < -0.3 is 64.5 Å². The molecule has 2 saturated heterocycles. The SMILES string of the molecule is CC/C=C\C/C=C\CC=CCCCCCCCC(=O)OCC(CO[C@H]1O[C@H](CO)[C@H](O)[C@H](O)[C@H]1O)O[C@H]1O[C@@H](CO)[C@@H](O)[C@@H](O)[C@@H]1O. The Hall–Kier alpha value is -1.79. The Labute approximate surface area is 276 Å². The van der Waals surface area contributed by atoms with Crippen molar-refractivity contribution in [1.29, 1.82) is 0 Å². The first kappa shape index (κ1) is 41.4. The number of allylic oxidation sites excluding steroid dienone is 6. The summed E-state index contributed by atoms with van der Waals surface area (Å²) in [6.07, 6.45) is 4.89. The molecule has 14 nitrogen and oxygen atoms in total. The Balaban J connectivity index is 1.78. The zero-order chi connectivity index (χ0) is 34.6. The Morgan fingerprint density at radius 2 is 1.19 bits per heavy atom. The molecule has 11 atom stereocenters. The lowest BCUT2D eigenvalue weighted by molar-refractivity contribution is -0.330. The topological polar surface area (TPSA) is 225 Å². The van der Waals surface area contributed by atoms with E-state index in [-0.39, 0.29) is 6.42 Å². The minimum absolute atomic E-state index is 0.153. The predicted octanol–water partition coefficient (Wildman–Crippen LogP) is 0.121. The molecule has 0 aliphatic carbocycles. The predicted molar refractivity (Wildman–Crippen MR) is 169 cm³/mol. The van der Waals surface area contributed by atoms with Crippen molar-refractivity contribution in [3.63, 3.8) is 0 Å². The number of aliphatic hydroxyl groups excluding tert-OH is 8. The molecule has 2 aliphatic heterocycles. The third kappa shape index (κ3) is 14.7. The van der Waals surface area contributed by atoms with Gasteiger partial charge in [-0.2, -0.15) is 0 Å². The van der Waals surface area contributed by atoms with Crippen molar-refractivity contribution in [2.45, 2.75) is 139 Å². The van der Waals surface area contributed by atoms with Crippen LogP contribution in [0.4, 0.5) is 0 Å². The fraction of sp³-hybridized carbons (Fsp3) is 0.788. The molecular weight excluding hydrogens is 620 g/mol. The van der Waals surface area contributed by atoms with Crippen molar-refractivity contribution in [2.75, 3.05) is 26.4 Å². The average Bonchev–Trinajstić information content (AvgIpc) is 3.07. The van der Waals surface area contributed by atoms with E-state index < -0.39 is 99.9 Å². The van der Waals surface area contributed by atoms with E-state index >= 15 is 0 Å². The van der Waals surface area contributed by atoms with E-state index in [4.69, 9.17) is 23.7 Å². The van der Waals surface area contributed by atoms with Gasteiger partial charge in [0.05, 0.1) is 19.8 Å². The second kappa shape index (κ2) is 23.5.